The van der Waals surface area contributed by atoms with Gasteiger partial charge in [0.1, 0.15) is 0 Å². The summed E-state index contributed by atoms with van der Waals surface area (Å²) in [6.07, 6.45) is 6.51. The zero-order valence-corrected chi connectivity index (χ0v) is 9.24. The van der Waals surface area contributed by atoms with Gasteiger partial charge < -0.3 is 0 Å². The van der Waals surface area contributed by atoms with Gasteiger partial charge >= 0.3 is 0 Å². The van der Waals surface area contributed by atoms with E-state index < -0.39 is 0 Å². The summed E-state index contributed by atoms with van der Waals surface area (Å²) >= 11 is 0. The summed E-state index contributed by atoms with van der Waals surface area (Å²) in [7, 11) is 0. The quantitative estimate of drug-likeness (QED) is 0.421. The Hall–Kier alpha value is -1.19. The van der Waals surface area contributed by atoms with Gasteiger partial charge in [0.2, 0.25) is 0 Å². The number of rotatable bonds is 6. The van der Waals surface area contributed by atoms with Crippen molar-refractivity contribution in [3.63, 3.8) is 0 Å². The molecule has 1 aromatic rings. The van der Waals surface area contributed by atoms with Crippen molar-refractivity contribution in [2.24, 2.45) is 5.84 Å². The molecule has 1 heterocycles. The molecule has 0 saturated heterocycles. The molecule has 3 N–H and O–H groups in total. The molecule has 1 atom stereocenters. The lowest BCUT2D eigenvalue weighted by atomic mass is 10.1. The van der Waals surface area contributed by atoms with E-state index in [2.05, 4.69) is 36.0 Å². The molecule has 1 aromatic heterocycles. The third kappa shape index (κ3) is 3.81. The van der Waals surface area contributed by atoms with Gasteiger partial charge in [-0.2, -0.15) is 0 Å². The van der Waals surface area contributed by atoms with E-state index in [1.165, 1.54) is 5.56 Å². The standard InChI is InChI=1S/C12H19N3/c1-3-5-12(15-13)8-11-7-6-10(4-2)9-14-11/h3,6-7,9,12,15H,1,4-5,8,13H2,2H3. The number of aromatic nitrogens is 1. The molecular formula is C12H19N3. The van der Waals surface area contributed by atoms with Crippen LogP contribution in [0.1, 0.15) is 24.6 Å². The summed E-state index contributed by atoms with van der Waals surface area (Å²) in [4.78, 5) is 4.39. The van der Waals surface area contributed by atoms with Crippen LogP contribution in [0, 0.1) is 0 Å². The van der Waals surface area contributed by atoms with Crippen LogP contribution < -0.4 is 11.3 Å². The minimum Gasteiger partial charge on any atom is -0.271 e. The van der Waals surface area contributed by atoms with Crippen molar-refractivity contribution in [1.29, 1.82) is 0 Å². The second kappa shape index (κ2) is 6.32. The van der Waals surface area contributed by atoms with Crippen LogP contribution in [0.4, 0.5) is 0 Å². The minimum atomic E-state index is 0.225. The number of hydrazine groups is 1. The smallest absolute Gasteiger partial charge is 0.0419 e. The first-order valence-electron chi connectivity index (χ1n) is 5.31. The van der Waals surface area contributed by atoms with Gasteiger partial charge in [0.05, 0.1) is 0 Å². The Morgan fingerprint density at radius 1 is 1.60 bits per heavy atom. The van der Waals surface area contributed by atoms with Gasteiger partial charge in [-0.3, -0.25) is 16.3 Å². The van der Waals surface area contributed by atoms with E-state index in [-0.39, 0.29) is 6.04 Å². The Kier molecular flexibility index (Phi) is 5.01. The molecule has 0 aliphatic rings. The molecule has 0 aromatic carbocycles. The highest BCUT2D eigenvalue weighted by atomic mass is 15.2. The Bertz CT molecular complexity index is 292. The maximum Gasteiger partial charge on any atom is 0.0419 e. The highest BCUT2D eigenvalue weighted by Gasteiger charge is 2.06. The highest BCUT2D eigenvalue weighted by molar-refractivity contribution is 5.14. The lowest BCUT2D eigenvalue weighted by Crippen LogP contribution is -2.36. The summed E-state index contributed by atoms with van der Waals surface area (Å²) in [5.74, 6) is 5.44. The Labute approximate surface area is 91.4 Å². The fourth-order valence-corrected chi connectivity index (χ4v) is 1.45. The molecule has 0 amide bonds. The zero-order valence-electron chi connectivity index (χ0n) is 9.24. The summed E-state index contributed by atoms with van der Waals surface area (Å²) < 4.78 is 0. The van der Waals surface area contributed by atoms with E-state index in [1.54, 1.807) is 0 Å². The average molecular weight is 205 g/mol. The Balaban J connectivity index is 2.58. The van der Waals surface area contributed by atoms with Gasteiger partial charge in [0.15, 0.2) is 0 Å². The van der Waals surface area contributed by atoms with Crippen molar-refractivity contribution < 1.29 is 0 Å². The molecule has 0 saturated carbocycles. The van der Waals surface area contributed by atoms with Gasteiger partial charge in [-0.25, -0.2) is 0 Å². The predicted octanol–water partition coefficient (Wildman–Crippen LogP) is 1.59. The minimum absolute atomic E-state index is 0.225. The van der Waals surface area contributed by atoms with Crippen molar-refractivity contribution >= 4 is 0 Å². The third-order valence-electron chi connectivity index (χ3n) is 2.44. The van der Waals surface area contributed by atoms with Crippen LogP contribution in [0.5, 0.6) is 0 Å². The number of hydrogen-bond acceptors (Lipinski definition) is 3. The molecule has 3 heteroatoms. The predicted molar refractivity (Wildman–Crippen MR) is 63.2 cm³/mol. The molecule has 0 aliphatic heterocycles. The van der Waals surface area contributed by atoms with E-state index >= 15 is 0 Å². The van der Waals surface area contributed by atoms with Crippen LogP contribution in [-0.4, -0.2) is 11.0 Å². The molecule has 1 unspecified atom stereocenters. The first-order valence-corrected chi connectivity index (χ1v) is 5.31. The molecule has 0 bridgehead atoms. The second-order valence-corrected chi connectivity index (χ2v) is 3.60. The number of pyridine rings is 1. The SMILES string of the molecule is C=CCC(Cc1ccc(CC)cn1)NN. The van der Waals surface area contributed by atoms with Gasteiger partial charge in [-0.15, -0.1) is 6.58 Å². The molecule has 1 rings (SSSR count). The number of hydrogen-bond donors (Lipinski definition) is 2. The van der Waals surface area contributed by atoms with Crippen LogP contribution in [0.25, 0.3) is 0 Å². The number of aryl methyl sites for hydroxylation is 1. The lowest BCUT2D eigenvalue weighted by Gasteiger charge is -2.12. The first-order chi connectivity index (χ1) is 7.30. The molecule has 15 heavy (non-hydrogen) atoms. The van der Waals surface area contributed by atoms with Crippen LogP contribution in [-0.2, 0) is 12.8 Å². The topological polar surface area (TPSA) is 50.9 Å². The maximum atomic E-state index is 5.44. The summed E-state index contributed by atoms with van der Waals surface area (Å²) in [6, 6.07) is 4.40. The maximum absolute atomic E-state index is 5.44. The highest BCUT2D eigenvalue weighted by Crippen LogP contribution is 2.05. The van der Waals surface area contributed by atoms with E-state index in [9.17, 15) is 0 Å². The molecule has 82 valence electrons. The summed E-state index contributed by atoms with van der Waals surface area (Å²) in [5.41, 5.74) is 5.10. The first kappa shape index (κ1) is 11.9. The zero-order chi connectivity index (χ0) is 11.1. The van der Waals surface area contributed by atoms with Gasteiger partial charge in [-0.05, 0) is 24.5 Å². The largest absolute Gasteiger partial charge is 0.271 e. The van der Waals surface area contributed by atoms with E-state index in [0.717, 1.165) is 25.0 Å². The van der Waals surface area contributed by atoms with Gasteiger partial charge in [0, 0.05) is 24.4 Å². The molecule has 0 fully saturated rings. The van der Waals surface area contributed by atoms with Crippen LogP contribution >= 0.6 is 0 Å². The average Bonchev–Trinajstić information content (AvgIpc) is 2.29. The molecule has 0 radical (unpaired) electrons. The Morgan fingerprint density at radius 3 is 2.87 bits per heavy atom. The van der Waals surface area contributed by atoms with Crippen molar-refractivity contribution in [1.82, 2.24) is 10.4 Å². The van der Waals surface area contributed by atoms with Crippen molar-refractivity contribution in [3.05, 3.63) is 42.2 Å². The normalized spacial score (nSPS) is 12.4. The number of nitrogens with one attached hydrogen (secondary N) is 1. The van der Waals surface area contributed by atoms with Gasteiger partial charge in [0.25, 0.3) is 0 Å². The lowest BCUT2D eigenvalue weighted by molar-refractivity contribution is 0.525. The third-order valence-corrected chi connectivity index (χ3v) is 2.44. The molecule has 3 nitrogen and oxygen atoms in total. The van der Waals surface area contributed by atoms with Crippen LogP contribution in [0.15, 0.2) is 31.0 Å². The Morgan fingerprint density at radius 2 is 2.40 bits per heavy atom. The molecule has 0 aliphatic carbocycles. The molecule has 0 spiro atoms. The van der Waals surface area contributed by atoms with E-state index in [4.69, 9.17) is 5.84 Å². The van der Waals surface area contributed by atoms with Crippen molar-refractivity contribution in [2.75, 3.05) is 0 Å². The fraction of sp³-hybridized carbons (Fsp3) is 0.417. The monoisotopic (exact) mass is 205 g/mol. The summed E-state index contributed by atoms with van der Waals surface area (Å²) in [6.45, 7) is 5.83. The van der Waals surface area contributed by atoms with Gasteiger partial charge in [-0.1, -0.05) is 19.1 Å². The number of nitrogens with two attached hydrogens (primary N) is 1. The molecular weight excluding hydrogens is 186 g/mol. The second-order valence-electron chi connectivity index (χ2n) is 3.60. The van der Waals surface area contributed by atoms with Crippen LogP contribution in [0.2, 0.25) is 0 Å². The number of nitrogens with zero attached hydrogens (tertiary/aromatic N) is 1. The van der Waals surface area contributed by atoms with Crippen molar-refractivity contribution in [2.45, 2.75) is 32.2 Å². The van der Waals surface area contributed by atoms with E-state index in [0.29, 0.717) is 0 Å². The van der Waals surface area contributed by atoms with E-state index in [1.807, 2.05) is 12.3 Å². The summed E-state index contributed by atoms with van der Waals surface area (Å²) in [5, 5.41) is 0. The van der Waals surface area contributed by atoms with Crippen LogP contribution in [0.3, 0.4) is 0 Å². The van der Waals surface area contributed by atoms with Crippen molar-refractivity contribution in [3.8, 4) is 0 Å². The fourth-order valence-electron chi connectivity index (χ4n) is 1.45.